The average Bonchev–Trinajstić information content (AvgIpc) is 3.13. The van der Waals surface area contributed by atoms with Gasteiger partial charge in [-0.1, -0.05) is 34.1 Å². The first-order valence-corrected chi connectivity index (χ1v) is 8.74. The lowest BCUT2D eigenvalue weighted by Gasteiger charge is -2.28. The van der Waals surface area contributed by atoms with Crippen molar-refractivity contribution < 1.29 is 5.11 Å². The maximum atomic E-state index is 11.5. The van der Waals surface area contributed by atoms with E-state index in [1.54, 1.807) is 22.7 Å². The molecule has 0 spiro atoms. The van der Waals surface area contributed by atoms with E-state index in [4.69, 9.17) is 0 Å². The number of halogens is 1. The Kier molecular flexibility index (Phi) is 3.82. The highest BCUT2D eigenvalue weighted by Gasteiger charge is 2.37. The molecule has 0 bridgehead atoms. The minimum absolute atomic E-state index is 0.928. The molecule has 1 N–H and O–H groups in total. The van der Waals surface area contributed by atoms with Crippen LogP contribution in [-0.4, -0.2) is 5.11 Å². The van der Waals surface area contributed by atoms with Crippen LogP contribution in [0, 0.1) is 6.92 Å². The van der Waals surface area contributed by atoms with E-state index in [1.807, 2.05) is 60.1 Å². The van der Waals surface area contributed by atoms with Crippen LogP contribution in [-0.2, 0) is 5.60 Å². The van der Waals surface area contributed by atoms with E-state index in [9.17, 15) is 5.11 Å². The Labute approximate surface area is 134 Å². The molecule has 0 aliphatic carbocycles. The van der Waals surface area contributed by atoms with E-state index in [1.165, 1.54) is 0 Å². The van der Waals surface area contributed by atoms with Gasteiger partial charge in [0.05, 0.1) is 0 Å². The van der Waals surface area contributed by atoms with Gasteiger partial charge in [0, 0.05) is 14.2 Å². The second-order valence-corrected chi connectivity index (χ2v) is 7.44. The first kappa shape index (κ1) is 14.0. The lowest BCUT2D eigenvalue weighted by Crippen LogP contribution is -2.27. The number of aryl methyl sites for hydroxylation is 1. The summed E-state index contributed by atoms with van der Waals surface area (Å²) in [5, 5.41) is 15.5. The first-order valence-electron chi connectivity index (χ1n) is 6.19. The summed E-state index contributed by atoms with van der Waals surface area (Å²) in [6.07, 6.45) is 0. The fraction of sp³-hybridized carbons (Fsp3) is 0.125. The van der Waals surface area contributed by atoms with Crippen LogP contribution in [0.5, 0.6) is 0 Å². The Bertz CT molecular complexity index is 668. The molecule has 2 heterocycles. The number of hydrogen-bond donors (Lipinski definition) is 1. The van der Waals surface area contributed by atoms with Gasteiger partial charge in [-0.15, -0.1) is 22.7 Å². The molecule has 0 atom stereocenters. The highest BCUT2D eigenvalue weighted by molar-refractivity contribution is 9.10. The third kappa shape index (κ3) is 2.27. The molecule has 1 nitrogen and oxygen atoms in total. The van der Waals surface area contributed by atoms with Crippen LogP contribution in [0.1, 0.15) is 20.9 Å². The minimum atomic E-state index is -1.07. The third-order valence-corrected chi connectivity index (χ3v) is 5.80. The van der Waals surface area contributed by atoms with Crippen LogP contribution in [0.25, 0.3) is 0 Å². The number of benzene rings is 1. The lowest BCUT2D eigenvalue weighted by atomic mass is 9.87. The van der Waals surface area contributed by atoms with E-state index >= 15 is 0 Å². The van der Waals surface area contributed by atoms with Crippen molar-refractivity contribution in [2.75, 3.05) is 0 Å². The zero-order chi connectivity index (χ0) is 14.2. The molecule has 3 aromatic rings. The van der Waals surface area contributed by atoms with Crippen LogP contribution in [0.15, 0.2) is 57.7 Å². The van der Waals surface area contributed by atoms with Crippen molar-refractivity contribution in [2.45, 2.75) is 12.5 Å². The Morgan fingerprint density at radius 1 is 1.00 bits per heavy atom. The number of hydrogen-bond acceptors (Lipinski definition) is 3. The number of aliphatic hydroxyl groups is 1. The van der Waals surface area contributed by atoms with Gasteiger partial charge in [-0.2, -0.15) is 0 Å². The maximum absolute atomic E-state index is 11.5. The van der Waals surface area contributed by atoms with Crippen LogP contribution in [0.4, 0.5) is 0 Å². The van der Waals surface area contributed by atoms with Gasteiger partial charge in [0.15, 0.2) is 5.60 Å². The normalized spacial score (nSPS) is 11.8. The van der Waals surface area contributed by atoms with E-state index in [-0.39, 0.29) is 0 Å². The number of thiophene rings is 2. The van der Waals surface area contributed by atoms with Crippen molar-refractivity contribution in [3.63, 3.8) is 0 Å². The summed E-state index contributed by atoms with van der Waals surface area (Å²) in [5.41, 5.74) is 0.935. The van der Waals surface area contributed by atoms with Crippen LogP contribution >= 0.6 is 38.6 Å². The summed E-state index contributed by atoms with van der Waals surface area (Å²) in [7, 11) is 0. The third-order valence-electron chi connectivity index (χ3n) is 3.34. The summed E-state index contributed by atoms with van der Waals surface area (Å²) in [5.74, 6) is 0. The fourth-order valence-corrected chi connectivity index (χ4v) is 4.47. The van der Waals surface area contributed by atoms with Crippen LogP contribution in [0.3, 0.4) is 0 Å². The molecule has 0 aliphatic rings. The summed E-state index contributed by atoms with van der Waals surface area (Å²) < 4.78 is 0.977. The van der Waals surface area contributed by atoms with Gasteiger partial charge in [0.2, 0.25) is 0 Å². The van der Waals surface area contributed by atoms with Crippen molar-refractivity contribution in [1.82, 2.24) is 0 Å². The molecule has 102 valence electrons. The molecule has 0 aliphatic heterocycles. The van der Waals surface area contributed by atoms with Gasteiger partial charge in [0.25, 0.3) is 0 Å². The van der Waals surface area contributed by atoms with Gasteiger partial charge in [-0.25, -0.2) is 0 Å². The molecule has 0 radical (unpaired) electrons. The molecular weight excluding hydrogens is 352 g/mol. The first-order chi connectivity index (χ1) is 9.62. The zero-order valence-electron chi connectivity index (χ0n) is 10.8. The summed E-state index contributed by atoms with van der Waals surface area (Å²) >= 11 is 6.67. The smallest absolute Gasteiger partial charge is 0.159 e. The zero-order valence-corrected chi connectivity index (χ0v) is 14.1. The second kappa shape index (κ2) is 5.45. The molecule has 0 amide bonds. The average molecular weight is 365 g/mol. The van der Waals surface area contributed by atoms with Crippen molar-refractivity contribution >= 4 is 38.6 Å². The molecule has 0 unspecified atom stereocenters. The van der Waals surface area contributed by atoms with Gasteiger partial charge in [-0.3, -0.25) is 0 Å². The summed E-state index contributed by atoms with van der Waals surface area (Å²) in [6, 6.07) is 14.0. The van der Waals surface area contributed by atoms with Gasteiger partial charge >= 0.3 is 0 Å². The highest BCUT2D eigenvalue weighted by atomic mass is 79.9. The predicted octanol–water partition coefficient (Wildman–Crippen LogP) is 5.16. The minimum Gasteiger partial charge on any atom is -0.374 e. The van der Waals surface area contributed by atoms with Gasteiger partial charge in [0.1, 0.15) is 0 Å². The lowest BCUT2D eigenvalue weighted by molar-refractivity contribution is 0.133. The highest BCUT2D eigenvalue weighted by Crippen LogP contribution is 2.42. The monoisotopic (exact) mass is 364 g/mol. The Morgan fingerprint density at radius 3 is 2.10 bits per heavy atom. The molecule has 20 heavy (non-hydrogen) atoms. The SMILES string of the molecule is Cc1ccc(Br)cc1C(O)(c1cccs1)c1cccs1. The molecule has 1 aromatic carbocycles. The van der Waals surface area contributed by atoms with Crippen molar-refractivity contribution in [3.05, 3.63) is 78.6 Å². The molecule has 0 fully saturated rings. The van der Waals surface area contributed by atoms with Crippen molar-refractivity contribution in [1.29, 1.82) is 0 Å². The van der Waals surface area contributed by atoms with Crippen molar-refractivity contribution in [2.24, 2.45) is 0 Å². The van der Waals surface area contributed by atoms with Crippen LogP contribution in [0.2, 0.25) is 0 Å². The quantitative estimate of drug-likeness (QED) is 0.679. The predicted molar refractivity (Wildman–Crippen MR) is 89.6 cm³/mol. The van der Waals surface area contributed by atoms with Gasteiger partial charge < -0.3 is 5.11 Å². The van der Waals surface area contributed by atoms with Crippen LogP contribution < -0.4 is 0 Å². The largest absolute Gasteiger partial charge is 0.374 e. The van der Waals surface area contributed by atoms with Gasteiger partial charge in [-0.05, 0) is 53.1 Å². The van der Waals surface area contributed by atoms with E-state index in [2.05, 4.69) is 15.9 Å². The van der Waals surface area contributed by atoms with E-state index < -0.39 is 5.60 Å². The summed E-state index contributed by atoms with van der Waals surface area (Å²) in [6.45, 7) is 2.04. The maximum Gasteiger partial charge on any atom is 0.159 e. The molecule has 4 heteroatoms. The van der Waals surface area contributed by atoms with Crippen molar-refractivity contribution in [3.8, 4) is 0 Å². The Balaban J connectivity index is 2.29. The second-order valence-electron chi connectivity index (χ2n) is 4.62. The molecule has 0 saturated carbocycles. The topological polar surface area (TPSA) is 20.2 Å². The fourth-order valence-electron chi connectivity index (χ4n) is 2.34. The Hall–Kier alpha value is -0.940. The number of rotatable bonds is 3. The van der Waals surface area contributed by atoms with E-state index in [0.29, 0.717) is 0 Å². The Morgan fingerprint density at radius 2 is 1.60 bits per heavy atom. The van der Waals surface area contributed by atoms with E-state index in [0.717, 1.165) is 25.4 Å². The molecule has 2 aromatic heterocycles. The standard InChI is InChI=1S/C16H13BrOS2/c1-11-6-7-12(17)10-13(11)16(18,14-4-2-8-19-14)15-5-3-9-20-15/h2-10,18H,1H3. The summed E-state index contributed by atoms with van der Waals surface area (Å²) in [4.78, 5) is 1.89. The molecular formula is C16H13BrOS2. The molecule has 3 rings (SSSR count). The molecule has 0 saturated heterocycles.